The second kappa shape index (κ2) is 9.54. The van der Waals surface area contributed by atoms with E-state index in [1.165, 1.54) is 12.1 Å². The van der Waals surface area contributed by atoms with E-state index in [1.54, 1.807) is 49.1 Å². The number of hydrazine groups is 1. The SMILES string of the molecule is CCN1C(=O)N(C)c2cnc(Nc3ccc(S(=O)(=O)Nc4onc(C)c4C)cc3)nc2N1C1CCCC1. The standard InChI is InChI=1S/C24H30N8O4S/c1-5-31-24(33)30(4)20-14-25-23(27-21(20)32(31)18-8-6-7-9-18)26-17-10-12-19(13-11-17)37(34,35)29-22-15(2)16(3)28-36-22/h10-14,18,29H,5-9H2,1-4H3,(H,25,26,27). The number of hydrogen-bond donors (Lipinski definition) is 2. The zero-order valence-corrected chi connectivity index (χ0v) is 22.0. The number of nitrogens with one attached hydrogen (secondary N) is 2. The number of carbonyl (C=O) groups is 1. The summed E-state index contributed by atoms with van der Waals surface area (Å²) >= 11 is 0. The van der Waals surface area contributed by atoms with Crippen molar-refractivity contribution in [1.29, 1.82) is 0 Å². The van der Waals surface area contributed by atoms with Crippen LogP contribution in [-0.2, 0) is 10.0 Å². The van der Waals surface area contributed by atoms with Crippen LogP contribution in [0.3, 0.4) is 0 Å². The number of carbonyl (C=O) groups excluding carboxylic acids is 1. The lowest BCUT2D eigenvalue weighted by molar-refractivity contribution is 0.191. The molecule has 2 amide bonds. The molecule has 2 aliphatic rings. The summed E-state index contributed by atoms with van der Waals surface area (Å²) in [4.78, 5) is 23.8. The Labute approximate surface area is 215 Å². The highest BCUT2D eigenvalue weighted by Gasteiger charge is 2.39. The number of sulfonamides is 1. The molecule has 1 fully saturated rings. The van der Waals surface area contributed by atoms with Gasteiger partial charge in [-0.25, -0.2) is 27.9 Å². The van der Waals surface area contributed by atoms with Crippen molar-refractivity contribution in [2.45, 2.75) is 57.4 Å². The lowest BCUT2D eigenvalue weighted by Crippen LogP contribution is -2.59. The first kappa shape index (κ1) is 24.8. The Morgan fingerprint density at radius 3 is 2.46 bits per heavy atom. The van der Waals surface area contributed by atoms with E-state index in [1.807, 2.05) is 11.9 Å². The summed E-state index contributed by atoms with van der Waals surface area (Å²) in [6, 6.07) is 6.34. The number of hydrogen-bond acceptors (Lipinski definition) is 9. The average Bonchev–Trinajstić information content (AvgIpc) is 3.52. The fourth-order valence-corrected chi connectivity index (χ4v) is 5.71. The molecule has 0 radical (unpaired) electrons. The number of benzene rings is 1. The van der Waals surface area contributed by atoms with Crippen LogP contribution in [0.1, 0.15) is 43.9 Å². The molecule has 1 aliphatic heterocycles. The summed E-state index contributed by atoms with van der Waals surface area (Å²) < 4.78 is 33.1. The lowest BCUT2D eigenvalue weighted by atomic mass is 10.2. The Morgan fingerprint density at radius 1 is 1.14 bits per heavy atom. The van der Waals surface area contributed by atoms with Gasteiger partial charge in [-0.2, -0.15) is 4.98 Å². The molecule has 37 heavy (non-hydrogen) atoms. The molecule has 3 aromatic rings. The van der Waals surface area contributed by atoms with Gasteiger partial charge in [-0.1, -0.05) is 18.0 Å². The maximum absolute atomic E-state index is 13.0. The molecule has 0 spiro atoms. The summed E-state index contributed by atoms with van der Waals surface area (Å²) in [7, 11) is -2.13. The van der Waals surface area contributed by atoms with E-state index in [4.69, 9.17) is 9.51 Å². The van der Waals surface area contributed by atoms with Crippen molar-refractivity contribution < 1.29 is 17.7 Å². The van der Waals surface area contributed by atoms with Gasteiger partial charge in [-0.3, -0.25) is 9.91 Å². The van der Waals surface area contributed by atoms with E-state index in [0.29, 0.717) is 40.9 Å². The highest BCUT2D eigenvalue weighted by atomic mass is 32.2. The Hall–Kier alpha value is -3.87. The fraction of sp³-hybridized carbons (Fsp3) is 0.417. The number of fused-ring (bicyclic) bond motifs is 1. The quantitative estimate of drug-likeness (QED) is 0.464. The number of rotatable bonds is 7. The van der Waals surface area contributed by atoms with Crippen LogP contribution < -0.4 is 19.9 Å². The normalized spacial score (nSPS) is 16.3. The predicted octanol–water partition coefficient (Wildman–Crippen LogP) is 4.18. The van der Waals surface area contributed by atoms with E-state index in [-0.39, 0.29) is 22.9 Å². The van der Waals surface area contributed by atoms with Gasteiger partial charge in [0.1, 0.15) is 5.69 Å². The van der Waals surface area contributed by atoms with E-state index >= 15 is 0 Å². The molecule has 2 aromatic heterocycles. The largest absolute Gasteiger partial charge is 0.343 e. The van der Waals surface area contributed by atoms with Crippen LogP contribution in [0.2, 0.25) is 0 Å². The molecule has 5 rings (SSSR count). The summed E-state index contributed by atoms with van der Waals surface area (Å²) in [6.45, 7) is 5.95. The molecular weight excluding hydrogens is 496 g/mol. The van der Waals surface area contributed by atoms with Gasteiger partial charge in [0.25, 0.3) is 10.0 Å². The van der Waals surface area contributed by atoms with Crippen molar-refractivity contribution in [2.75, 3.05) is 33.5 Å². The molecule has 1 aromatic carbocycles. The van der Waals surface area contributed by atoms with E-state index in [0.717, 1.165) is 25.7 Å². The topological polar surface area (TPSA) is 137 Å². The third-order valence-corrected chi connectivity index (χ3v) is 8.22. The Kier molecular flexibility index (Phi) is 6.40. The van der Waals surface area contributed by atoms with Gasteiger partial charge in [0.05, 0.1) is 22.8 Å². The first-order valence-electron chi connectivity index (χ1n) is 12.2. The molecule has 0 atom stereocenters. The van der Waals surface area contributed by atoms with E-state index in [9.17, 15) is 13.2 Å². The highest BCUT2D eigenvalue weighted by molar-refractivity contribution is 7.92. The molecule has 196 valence electrons. The van der Waals surface area contributed by atoms with Crippen molar-refractivity contribution in [3.63, 3.8) is 0 Å². The van der Waals surface area contributed by atoms with Gasteiger partial charge in [-0.05, 0) is 57.9 Å². The number of nitrogens with zero attached hydrogens (tertiary/aromatic N) is 6. The predicted molar refractivity (Wildman–Crippen MR) is 139 cm³/mol. The van der Waals surface area contributed by atoms with Gasteiger partial charge in [0.2, 0.25) is 11.8 Å². The maximum atomic E-state index is 13.0. The summed E-state index contributed by atoms with van der Waals surface area (Å²) in [5.41, 5.74) is 2.52. The second-order valence-electron chi connectivity index (χ2n) is 9.22. The summed E-state index contributed by atoms with van der Waals surface area (Å²) in [5.74, 6) is 1.12. The van der Waals surface area contributed by atoms with Crippen LogP contribution >= 0.6 is 0 Å². The number of aryl methyl sites for hydroxylation is 1. The highest BCUT2D eigenvalue weighted by Crippen LogP contribution is 2.39. The first-order chi connectivity index (χ1) is 17.7. The third-order valence-electron chi connectivity index (χ3n) is 6.87. The maximum Gasteiger partial charge on any atom is 0.343 e. The average molecular weight is 527 g/mol. The fourth-order valence-electron chi connectivity index (χ4n) is 4.66. The van der Waals surface area contributed by atoms with Crippen molar-refractivity contribution in [2.24, 2.45) is 0 Å². The minimum Gasteiger partial charge on any atom is -0.337 e. The number of anilines is 5. The smallest absolute Gasteiger partial charge is 0.337 e. The van der Waals surface area contributed by atoms with Crippen LogP contribution in [0, 0.1) is 13.8 Å². The van der Waals surface area contributed by atoms with Crippen LogP contribution in [0.4, 0.5) is 33.8 Å². The Morgan fingerprint density at radius 2 is 1.84 bits per heavy atom. The van der Waals surface area contributed by atoms with Gasteiger partial charge in [0.15, 0.2) is 5.82 Å². The summed E-state index contributed by atoms with van der Waals surface area (Å²) in [5, 5.41) is 10.7. The number of amides is 2. The Bertz CT molecular complexity index is 1420. The lowest BCUT2D eigenvalue weighted by Gasteiger charge is -2.45. The molecule has 1 aliphatic carbocycles. The van der Waals surface area contributed by atoms with Crippen molar-refractivity contribution in [3.8, 4) is 0 Å². The van der Waals surface area contributed by atoms with E-state index in [2.05, 4.69) is 20.2 Å². The van der Waals surface area contributed by atoms with Gasteiger partial charge >= 0.3 is 6.03 Å². The molecule has 13 heteroatoms. The number of aromatic nitrogens is 3. The second-order valence-corrected chi connectivity index (χ2v) is 10.9. The molecule has 0 bridgehead atoms. The first-order valence-corrected chi connectivity index (χ1v) is 13.7. The zero-order valence-electron chi connectivity index (χ0n) is 21.2. The minimum atomic E-state index is -3.85. The molecule has 2 N–H and O–H groups in total. The Balaban J connectivity index is 1.39. The van der Waals surface area contributed by atoms with Gasteiger partial charge in [0, 0.05) is 24.8 Å². The summed E-state index contributed by atoms with van der Waals surface area (Å²) in [6.07, 6.45) is 5.87. The van der Waals surface area contributed by atoms with Gasteiger partial charge < -0.3 is 9.84 Å². The molecule has 0 saturated heterocycles. The van der Waals surface area contributed by atoms with Crippen molar-refractivity contribution in [3.05, 3.63) is 41.7 Å². The zero-order chi connectivity index (χ0) is 26.3. The van der Waals surface area contributed by atoms with E-state index < -0.39 is 10.0 Å². The minimum absolute atomic E-state index is 0.0731. The molecule has 3 heterocycles. The van der Waals surface area contributed by atoms with Crippen LogP contribution in [0.5, 0.6) is 0 Å². The molecule has 0 unspecified atom stereocenters. The number of urea groups is 1. The van der Waals surface area contributed by atoms with Gasteiger partial charge in [-0.15, -0.1) is 0 Å². The molecule has 1 saturated carbocycles. The van der Waals surface area contributed by atoms with Crippen LogP contribution in [0.25, 0.3) is 0 Å². The van der Waals surface area contributed by atoms with Crippen LogP contribution in [-0.4, -0.2) is 54.2 Å². The van der Waals surface area contributed by atoms with Crippen LogP contribution in [0.15, 0.2) is 39.9 Å². The van der Waals surface area contributed by atoms with Crippen molar-refractivity contribution in [1.82, 2.24) is 20.1 Å². The molecule has 12 nitrogen and oxygen atoms in total. The van der Waals surface area contributed by atoms with Crippen molar-refractivity contribution >= 4 is 45.1 Å². The monoisotopic (exact) mass is 526 g/mol. The third kappa shape index (κ3) is 4.54. The molecular formula is C24H30N8O4S.